The van der Waals surface area contributed by atoms with Crippen molar-refractivity contribution in [3.8, 4) is 0 Å². The highest BCUT2D eigenvalue weighted by Crippen LogP contribution is 1.95. The van der Waals surface area contributed by atoms with Crippen molar-refractivity contribution in [2.75, 3.05) is 5.33 Å². The van der Waals surface area contributed by atoms with Gasteiger partial charge in [0.15, 0.2) is 0 Å². The minimum absolute atomic E-state index is 0.250. The largest absolute Gasteiger partial charge is 0.345 e. The average Bonchev–Trinajstić information content (AvgIpc) is 1.82. The first-order chi connectivity index (χ1) is 4.65. The third kappa shape index (κ3) is 40.4. The number of hydrogen-bond donors (Lipinski definition) is 2. The highest BCUT2D eigenvalue weighted by atomic mass is 79.9. The maximum atomic E-state index is 4.73. The Bertz CT molecular complexity index is 70.1. The van der Waals surface area contributed by atoms with Crippen molar-refractivity contribution < 1.29 is 5.73 Å². The second-order valence-electron chi connectivity index (χ2n) is 1.86. The standard InChI is InChI=1S/C5H11Br.CH4N2S/c1-2-3-4-5-6;2-1(3)4/h2-5H2,1H3;(H4,2,3,4)/p+1. The fraction of sp³-hybridized carbons (Fsp3) is 0.833. The number of rotatable bonds is 3. The Balaban J connectivity index is 0. The number of nitrogens with two attached hydrogens (primary N) is 1. The van der Waals surface area contributed by atoms with Crippen LogP contribution in [0.1, 0.15) is 26.2 Å². The van der Waals surface area contributed by atoms with Crippen LogP contribution < -0.4 is 11.5 Å². The molecule has 0 aliphatic rings. The van der Waals surface area contributed by atoms with E-state index in [-0.39, 0.29) is 5.11 Å². The summed E-state index contributed by atoms with van der Waals surface area (Å²) in [6.07, 6.45) is 4.02. The number of alkyl halides is 1. The SMILES string of the molecule is CCCCCBr.NC([NH3+])=S. The van der Waals surface area contributed by atoms with Gasteiger partial charge in [0.1, 0.15) is 0 Å². The maximum absolute atomic E-state index is 4.73. The summed E-state index contributed by atoms with van der Waals surface area (Å²) in [5, 5.41) is 1.42. The van der Waals surface area contributed by atoms with E-state index in [1.807, 2.05) is 0 Å². The number of halogens is 1. The molecule has 0 radical (unpaired) electrons. The van der Waals surface area contributed by atoms with Crippen LogP contribution in [0.2, 0.25) is 0 Å². The quantitative estimate of drug-likeness (QED) is 0.431. The Morgan fingerprint density at radius 2 is 2.00 bits per heavy atom. The van der Waals surface area contributed by atoms with Gasteiger partial charge in [0, 0.05) is 17.5 Å². The van der Waals surface area contributed by atoms with Gasteiger partial charge in [-0.2, -0.15) is 0 Å². The highest BCUT2D eigenvalue weighted by Gasteiger charge is 1.76. The van der Waals surface area contributed by atoms with E-state index in [1.54, 1.807) is 0 Å². The van der Waals surface area contributed by atoms with Crippen LogP contribution in [0.25, 0.3) is 0 Å². The second kappa shape index (κ2) is 12.0. The molecule has 0 unspecified atom stereocenters. The van der Waals surface area contributed by atoms with Crippen molar-refractivity contribution >= 4 is 33.3 Å². The molecule has 0 aromatic heterocycles. The molecule has 0 fully saturated rings. The van der Waals surface area contributed by atoms with E-state index < -0.39 is 0 Å². The normalized spacial score (nSPS) is 7.90. The van der Waals surface area contributed by atoms with Gasteiger partial charge in [0.2, 0.25) is 0 Å². The van der Waals surface area contributed by atoms with Crippen LogP contribution >= 0.6 is 28.1 Å². The molecule has 0 amide bonds. The van der Waals surface area contributed by atoms with Gasteiger partial charge < -0.3 is 11.5 Å². The van der Waals surface area contributed by atoms with Crippen molar-refractivity contribution in [3.05, 3.63) is 0 Å². The van der Waals surface area contributed by atoms with E-state index in [1.165, 1.54) is 24.6 Å². The molecule has 0 aromatic carbocycles. The Morgan fingerprint density at radius 3 is 2.10 bits per heavy atom. The molecule has 0 aliphatic carbocycles. The predicted molar refractivity (Wildman–Crippen MR) is 53.0 cm³/mol. The molecule has 0 aliphatic heterocycles. The first kappa shape index (κ1) is 13.0. The van der Waals surface area contributed by atoms with Gasteiger partial charge in [0.05, 0.1) is 0 Å². The predicted octanol–water partition coefficient (Wildman–Crippen LogP) is 1.04. The van der Waals surface area contributed by atoms with E-state index in [0.717, 1.165) is 0 Å². The van der Waals surface area contributed by atoms with Gasteiger partial charge in [-0.25, -0.2) is 0 Å². The number of unbranched alkanes of at least 4 members (excludes halogenated alkanes) is 2. The lowest BCUT2D eigenvalue weighted by Crippen LogP contribution is -2.60. The lowest BCUT2D eigenvalue weighted by Gasteiger charge is -1.85. The molecule has 0 aromatic rings. The monoisotopic (exact) mass is 227 g/mol. The van der Waals surface area contributed by atoms with Gasteiger partial charge >= 0.3 is 0 Å². The molecule has 0 bridgehead atoms. The Kier molecular flexibility index (Phi) is 15.6. The minimum atomic E-state index is 0.250. The zero-order chi connectivity index (χ0) is 8.41. The molecular formula is C6H16BrN2S+. The van der Waals surface area contributed by atoms with Crippen molar-refractivity contribution in [1.29, 1.82) is 0 Å². The summed E-state index contributed by atoms with van der Waals surface area (Å²) in [6, 6.07) is 0. The molecule has 0 atom stereocenters. The zero-order valence-corrected chi connectivity index (χ0v) is 8.80. The molecule has 0 spiro atoms. The molecule has 0 rings (SSSR count). The van der Waals surface area contributed by atoms with E-state index in [9.17, 15) is 0 Å². The molecule has 62 valence electrons. The summed E-state index contributed by atoms with van der Waals surface area (Å²) in [5.41, 5.74) is 7.88. The van der Waals surface area contributed by atoms with E-state index in [4.69, 9.17) is 5.73 Å². The molecule has 5 N–H and O–H groups in total. The summed E-state index contributed by atoms with van der Waals surface area (Å²) >= 11 is 7.55. The van der Waals surface area contributed by atoms with Crippen molar-refractivity contribution in [2.45, 2.75) is 26.2 Å². The van der Waals surface area contributed by atoms with Crippen LogP contribution in [0.5, 0.6) is 0 Å². The first-order valence-electron chi connectivity index (χ1n) is 3.32. The fourth-order valence-corrected chi connectivity index (χ4v) is 0.741. The highest BCUT2D eigenvalue weighted by molar-refractivity contribution is 9.09. The molecule has 0 saturated heterocycles. The summed E-state index contributed by atoms with van der Waals surface area (Å²) in [7, 11) is 0. The van der Waals surface area contributed by atoms with Gasteiger partial charge in [0.25, 0.3) is 5.11 Å². The van der Waals surface area contributed by atoms with Crippen LogP contribution in [0.3, 0.4) is 0 Å². The minimum Gasteiger partial charge on any atom is -0.345 e. The van der Waals surface area contributed by atoms with Crippen LogP contribution in [-0.2, 0) is 0 Å². The zero-order valence-electron chi connectivity index (χ0n) is 6.40. The average molecular weight is 228 g/mol. The van der Waals surface area contributed by atoms with Crippen LogP contribution in [0.15, 0.2) is 0 Å². The number of thiocarbonyl (C=S) groups is 1. The van der Waals surface area contributed by atoms with Crippen molar-refractivity contribution in [1.82, 2.24) is 0 Å². The summed E-state index contributed by atoms with van der Waals surface area (Å²) in [5.74, 6) is 0. The van der Waals surface area contributed by atoms with Crippen LogP contribution in [0.4, 0.5) is 0 Å². The second-order valence-corrected chi connectivity index (χ2v) is 3.18. The van der Waals surface area contributed by atoms with E-state index in [2.05, 4.69) is 40.8 Å². The van der Waals surface area contributed by atoms with E-state index >= 15 is 0 Å². The lowest BCUT2D eigenvalue weighted by molar-refractivity contribution is -0.210. The third-order valence-electron chi connectivity index (χ3n) is 0.737. The van der Waals surface area contributed by atoms with Crippen molar-refractivity contribution in [2.24, 2.45) is 5.73 Å². The topological polar surface area (TPSA) is 53.7 Å². The third-order valence-corrected chi connectivity index (χ3v) is 1.30. The number of hydrogen-bond acceptors (Lipinski definition) is 1. The smallest absolute Gasteiger partial charge is 0.262 e. The van der Waals surface area contributed by atoms with Crippen LogP contribution in [-0.4, -0.2) is 10.4 Å². The summed E-state index contributed by atoms with van der Waals surface area (Å²) in [4.78, 5) is 0. The van der Waals surface area contributed by atoms with Gasteiger partial charge in [-0.1, -0.05) is 35.7 Å². The molecule has 2 nitrogen and oxygen atoms in total. The Morgan fingerprint density at radius 1 is 1.60 bits per heavy atom. The molecule has 10 heavy (non-hydrogen) atoms. The van der Waals surface area contributed by atoms with Gasteiger partial charge in [-0.3, -0.25) is 0 Å². The molecule has 0 saturated carbocycles. The maximum Gasteiger partial charge on any atom is 0.262 e. The first-order valence-corrected chi connectivity index (χ1v) is 4.85. The van der Waals surface area contributed by atoms with Gasteiger partial charge in [-0.15, -0.1) is 0 Å². The fourth-order valence-electron chi connectivity index (χ4n) is 0.344. The summed E-state index contributed by atoms with van der Waals surface area (Å²) < 4.78 is 0. The molecule has 0 heterocycles. The van der Waals surface area contributed by atoms with E-state index in [0.29, 0.717) is 0 Å². The van der Waals surface area contributed by atoms with Gasteiger partial charge in [-0.05, 0) is 6.42 Å². The lowest BCUT2D eigenvalue weighted by atomic mass is 10.3. The summed E-state index contributed by atoms with van der Waals surface area (Å²) in [6.45, 7) is 2.21. The molecule has 4 heteroatoms. The Hall–Kier alpha value is 0.330. The molecular weight excluding hydrogens is 212 g/mol. The van der Waals surface area contributed by atoms with Crippen LogP contribution in [0, 0.1) is 0 Å². The number of quaternary nitrogens is 1. The Labute approximate surface area is 76.5 Å². The van der Waals surface area contributed by atoms with Crippen molar-refractivity contribution in [3.63, 3.8) is 0 Å².